The quantitative estimate of drug-likeness (QED) is 0.255. The number of isocyanates is 2. The fourth-order valence-corrected chi connectivity index (χ4v) is 2.57. The molecule has 21 heavy (non-hydrogen) atoms. The van der Waals surface area contributed by atoms with E-state index in [0.29, 0.717) is 12.8 Å². The van der Waals surface area contributed by atoms with E-state index in [1.807, 2.05) is 0 Å². The van der Waals surface area contributed by atoms with Crippen LogP contribution in [0.4, 0.5) is 0 Å². The summed E-state index contributed by atoms with van der Waals surface area (Å²) in [5.74, 6) is 0. The maximum Gasteiger partial charge on any atom is 0.237 e. The topological polar surface area (TPSA) is 58.9 Å². The van der Waals surface area contributed by atoms with E-state index >= 15 is 0 Å². The number of hydrogen-bond acceptors (Lipinski definition) is 4. The predicted molar refractivity (Wildman–Crippen MR) is 85.7 cm³/mol. The summed E-state index contributed by atoms with van der Waals surface area (Å²) >= 11 is 0. The van der Waals surface area contributed by atoms with Crippen molar-refractivity contribution in [2.24, 2.45) is 9.98 Å². The normalized spacial score (nSPS) is 13.0. The van der Waals surface area contributed by atoms with Gasteiger partial charge in [0.25, 0.3) is 0 Å². The van der Waals surface area contributed by atoms with Gasteiger partial charge in [0.05, 0.1) is 0 Å². The van der Waals surface area contributed by atoms with Crippen LogP contribution in [-0.2, 0) is 9.59 Å². The summed E-state index contributed by atoms with van der Waals surface area (Å²) in [4.78, 5) is 29.0. The van der Waals surface area contributed by atoms with Gasteiger partial charge in [0.2, 0.25) is 12.2 Å². The van der Waals surface area contributed by atoms with Crippen molar-refractivity contribution >= 4 is 12.2 Å². The molecule has 0 atom stereocenters. The van der Waals surface area contributed by atoms with Gasteiger partial charge in [-0.25, -0.2) is 9.59 Å². The molecule has 0 rings (SSSR count). The molecule has 0 radical (unpaired) electrons. The number of rotatable bonds is 14. The molecule has 0 aromatic carbocycles. The molecule has 0 saturated carbocycles. The van der Waals surface area contributed by atoms with E-state index in [9.17, 15) is 9.59 Å². The lowest BCUT2D eigenvalue weighted by molar-refractivity contribution is 0.349. The molecule has 0 heterocycles. The molecule has 4 nitrogen and oxygen atoms in total. The summed E-state index contributed by atoms with van der Waals surface area (Å²) in [6.07, 6.45) is 15.9. The van der Waals surface area contributed by atoms with Crippen LogP contribution in [-0.4, -0.2) is 17.8 Å². The minimum Gasteiger partial charge on any atom is -0.211 e. The van der Waals surface area contributed by atoms with Crippen LogP contribution in [0.2, 0.25) is 0 Å². The highest BCUT2D eigenvalue weighted by Gasteiger charge is 2.28. The van der Waals surface area contributed by atoms with Crippen LogP contribution in [0.15, 0.2) is 9.98 Å². The first-order valence-corrected chi connectivity index (χ1v) is 8.42. The second kappa shape index (κ2) is 13.7. The molecule has 0 spiro atoms. The predicted octanol–water partition coefficient (Wildman–Crippen LogP) is 5.08. The molecule has 0 N–H and O–H groups in total. The van der Waals surface area contributed by atoms with Gasteiger partial charge >= 0.3 is 0 Å². The number of unbranched alkanes of at least 4 members (excludes halogenated alkanes) is 8. The number of carbonyl (C=O) groups excluding carboxylic acids is 2. The molecule has 120 valence electrons. The molecule has 0 unspecified atom stereocenters. The molecule has 4 heteroatoms. The van der Waals surface area contributed by atoms with E-state index in [1.54, 1.807) is 12.2 Å². The fourth-order valence-electron chi connectivity index (χ4n) is 2.57. The van der Waals surface area contributed by atoms with Crippen molar-refractivity contribution in [3.63, 3.8) is 0 Å². The Hall–Kier alpha value is -1.24. The Morgan fingerprint density at radius 1 is 0.667 bits per heavy atom. The van der Waals surface area contributed by atoms with Crippen LogP contribution in [0.3, 0.4) is 0 Å². The molecule has 0 aliphatic heterocycles. The van der Waals surface area contributed by atoms with E-state index in [-0.39, 0.29) is 0 Å². The van der Waals surface area contributed by atoms with E-state index in [1.165, 1.54) is 32.1 Å². The summed E-state index contributed by atoms with van der Waals surface area (Å²) in [7, 11) is 0. The Labute approximate surface area is 129 Å². The van der Waals surface area contributed by atoms with Crippen molar-refractivity contribution in [1.29, 1.82) is 0 Å². The van der Waals surface area contributed by atoms with Crippen molar-refractivity contribution in [2.75, 3.05) is 0 Å². The fraction of sp³-hybridized carbons (Fsp3) is 0.882. The zero-order valence-electron chi connectivity index (χ0n) is 13.7. The summed E-state index contributed by atoms with van der Waals surface area (Å²) in [6.45, 7) is 4.32. The van der Waals surface area contributed by atoms with Crippen LogP contribution < -0.4 is 0 Å². The lowest BCUT2D eigenvalue weighted by atomic mass is 9.95. The van der Waals surface area contributed by atoms with Crippen LogP contribution in [0.25, 0.3) is 0 Å². The van der Waals surface area contributed by atoms with Crippen LogP contribution >= 0.6 is 0 Å². The maximum absolute atomic E-state index is 10.7. The Bertz CT molecular complexity index is 325. The first-order valence-electron chi connectivity index (χ1n) is 8.42. The molecule has 0 fully saturated rings. The van der Waals surface area contributed by atoms with Crippen molar-refractivity contribution in [1.82, 2.24) is 0 Å². The Kier molecular flexibility index (Phi) is 12.9. The van der Waals surface area contributed by atoms with E-state index < -0.39 is 5.66 Å². The molecule has 0 amide bonds. The van der Waals surface area contributed by atoms with Crippen LogP contribution in [0.5, 0.6) is 0 Å². The number of hydrogen-bond donors (Lipinski definition) is 0. The second-order valence-corrected chi connectivity index (χ2v) is 5.72. The largest absolute Gasteiger partial charge is 0.237 e. The molecular formula is C17H30N2O2. The first kappa shape index (κ1) is 19.8. The summed E-state index contributed by atoms with van der Waals surface area (Å²) in [6, 6.07) is 0. The van der Waals surface area contributed by atoms with Crippen molar-refractivity contribution < 1.29 is 9.59 Å². The van der Waals surface area contributed by atoms with Gasteiger partial charge in [-0.1, -0.05) is 65.2 Å². The molecule has 0 saturated heterocycles. The van der Waals surface area contributed by atoms with Gasteiger partial charge in [0, 0.05) is 0 Å². The number of aliphatic imine (C=N–C) groups is 2. The Morgan fingerprint density at radius 2 is 1.05 bits per heavy atom. The van der Waals surface area contributed by atoms with Crippen molar-refractivity contribution in [2.45, 2.75) is 96.6 Å². The average Bonchev–Trinajstić information content (AvgIpc) is 2.47. The van der Waals surface area contributed by atoms with Gasteiger partial charge in [-0.15, -0.1) is 0 Å². The van der Waals surface area contributed by atoms with E-state index in [2.05, 4.69) is 23.8 Å². The third kappa shape index (κ3) is 10.2. The third-order valence-corrected chi connectivity index (χ3v) is 3.87. The van der Waals surface area contributed by atoms with Crippen molar-refractivity contribution in [3.05, 3.63) is 0 Å². The van der Waals surface area contributed by atoms with Gasteiger partial charge < -0.3 is 0 Å². The zero-order valence-corrected chi connectivity index (χ0v) is 13.7. The highest BCUT2D eigenvalue weighted by molar-refractivity contribution is 5.39. The Morgan fingerprint density at radius 3 is 1.52 bits per heavy atom. The zero-order chi connectivity index (χ0) is 15.8. The smallest absolute Gasteiger partial charge is 0.211 e. The van der Waals surface area contributed by atoms with Gasteiger partial charge in [-0.05, 0) is 25.7 Å². The minimum atomic E-state index is -0.901. The van der Waals surface area contributed by atoms with E-state index in [4.69, 9.17) is 0 Å². The molecule has 0 aromatic rings. The lowest BCUT2D eigenvalue weighted by Gasteiger charge is -2.22. The van der Waals surface area contributed by atoms with Gasteiger partial charge in [0.15, 0.2) is 5.66 Å². The summed E-state index contributed by atoms with van der Waals surface area (Å²) in [5.41, 5.74) is -0.901. The lowest BCUT2D eigenvalue weighted by Crippen LogP contribution is -2.23. The minimum absolute atomic E-state index is 0.640. The molecule has 0 aliphatic rings. The maximum atomic E-state index is 10.7. The second-order valence-electron chi connectivity index (χ2n) is 5.72. The van der Waals surface area contributed by atoms with Crippen LogP contribution in [0.1, 0.15) is 90.9 Å². The average molecular weight is 294 g/mol. The van der Waals surface area contributed by atoms with Crippen molar-refractivity contribution in [3.8, 4) is 0 Å². The van der Waals surface area contributed by atoms with Crippen LogP contribution in [0, 0.1) is 0 Å². The van der Waals surface area contributed by atoms with E-state index in [0.717, 1.165) is 32.1 Å². The molecule has 0 aromatic heterocycles. The molecule has 0 bridgehead atoms. The summed E-state index contributed by atoms with van der Waals surface area (Å²) in [5, 5.41) is 0. The molecular weight excluding hydrogens is 264 g/mol. The molecule has 0 aliphatic carbocycles. The number of nitrogens with zero attached hydrogens (tertiary/aromatic N) is 2. The summed E-state index contributed by atoms with van der Waals surface area (Å²) < 4.78 is 0. The highest BCUT2D eigenvalue weighted by Crippen LogP contribution is 2.28. The highest BCUT2D eigenvalue weighted by atomic mass is 16.1. The Balaban J connectivity index is 4.25. The third-order valence-electron chi connectivity index (χ3n) is 3.87. The van der Waals surface area contributed by atoms with Gasteiger partial charge in [0.1, 0.15) is 0 Å². The van der Waals surface area contributed by atoms with Gasteiger partial charge in [-0.3, -0.25) is 0 Å². The monoisotopic (exact) mass is 294 g/mol. The SMILES string of the molecule is CCCCCCCCCC(CCCCC)(N=C=O)N=C=O. The first-order chi connectivity index (χ1) is 10.2. The van der Waals surface area contributed by atoms with Gasteiger partial charge in [-0.2, -0.15) is 9.98 Å². The standard InChI is InChI=1S/C17H30N2O2/c1-3-5-7-8-9-10-12-14-17(18-15-20,19-16-21)13-11-6-4-2/h3-14H2,1-2H3.